The molecule has 2 aromatic rings. The maximum Gasteiger partial charge on any atom is 0.142 e. The van der Waals surface area contributed by atoms with Crippen LogP contribution < -0.4 is 10.5 Å². The molecule has 2 N–H and O–H groups in total. The van der Waals surface area contributed by atoms with Crippen molar-refractivity contribution >= 4 is 5.69 Å². The van der Waals surface area contributed by atoms with Crippen molar-refractivity contribution in [2.24, 2.45) is 5.92 Å². The Bertz CT molecular complexity index is 606. The first-order valence-corrected chi connectivity index (χ1v) is 7.84. The molecule has 0 aliphatic heterocycles. The first kappa shape index (κ1) is 14.0. The number of rotatable bonds is 4. The van der Waals surface area contributed by atoms with Crippen LogP contribution in [0, 0.1) is 5.92 Å². The van der Waals surface area contributed by atoms with Crippen LogP contribution in [0.2, 0.25) is 0 Å². The largest absolute Gasteiger partial charge is 0.487 e. The van der Waals surface area contributed by atoms with Crippen molar-refractivity contribution in [2.45, 2.75) is 39.2 Å². The van der Waals surface area contributed by atoms with Gasteiger partial charge in [-0.2, -0.15) is 0 Å². The van der Waals surface area contributed by atoms with E-state index in [4.69, 9.17) is 10.5 Å². The highest BCUT2D eigenvalue weighted by Gasteiger charge is 2.19. The zero-order valence-corrected chi connectivity index (χ0v) is 12.6. The van der Waals surface area contributed by atoms with Gasteiger partial charge < -0.3 is 10.5 Å². The number of hydrogen-bond donors (Lipinski definition) is 1. The first-order valence-electron chi connectivity index (χ1n) is 7.84. The Morgan fingerprint density at radius 1 is 1.14 bits per heavy atom. The minimum absolute atomic E-state index is 0.571. The quantitative estimate of drug-likeness (QED) is 0.845. The number of nitrogen functional groups attached to an aromatic ring is 1. The van der Waals surface area contributed by atoms with Crippen molar-refractivity contribution in [1.29, 1.82) is 0 Å². The van der Waals surface area contributed by atoms with Crippen molar-refractivity contribution in [3.8, 4) is 5.75 Å². The van der Waals surface area contributed by atoms with Crippen LogP contribution in [0.3, 0.4) is 0 Å². The summed E-state index contributed by atoms with van der Waals surface area (Å²) in [5, 5.41) is 0. The van der Waals surface area contributed by atoms with Gasteiger partial charge in [0.1, 0.15) is 12.4 Å². The van der Waals surface area contributed by atoms with E-state index in [9.17, 15) is 0 Å². The van der Waals surface area contributed by atoms with Gasteiger partial charge in [0.05, 0.1) is 5.69 Å². The lowest BCUT2D eigenvalue weighted by atomic mass is 9.82. The lowest BCUT2D eigenvalue weighted by molar-refractivity contribution is 0.307. The molecule has 1 aliphatic carbocycles. The van der Waals surface area contributed by atoms with Crippen molar-refractivity contribution in [1.82, 2.24) is 0 Å². The summed E-state index contributed by atoms with van der Waals surface area (Å²) in [4.78, 5) is 0. The fourth-order valence-corrected chi connectivity index (χ4v) is 3.09. The van der Waals surface area contributed by atoms with E-state index < -0.39 is 0 Å². The minimum atomic E-state index is 0.571. The predicted molar refractivity (Wildman–Crippen MR) is 87.4 cm³/mol. The molecule has 3 rings (SSSR count). The van der Waals surface area contributed by atoms with E-state index >= 15 is 0 Å². The molecule has 110 valence electrons. The van der Waals surface area contributed by atoms with E-state index in [1.807, 2.05) is 18.2 Å². The van der Waals surface area contributed by atoms with Crippen LogP contribution in [0.15, 0.2) is 42.5 Å². The second kappa shape index (κ2) is 6.21. The number of fused-ring (bicyclic) bond motifs is 1. The van der Waals surface area contributed by atoms with Gasteiger partial charge in [0.15, 0.2) is 0 Å². The molecule has 0 aromatic heterocycles. The second-order valence-electron chi connectivity index (χ2n) is 5.95. The molecule has 0 spiro atoms. The minimum Gasteiger partial charge on any atom is -0.487 e. The van der Waals surface area contributed by atoms with Gasteiger partial charge in [-0.25, -0.2) is 0 Å². The highest BCUT2D eigenvalue weighted by Crippen LogP contribution is 2.34. The molecule has 0 saturated carbocycles. The number of anilines is 1. The SMILES string of the molecule is CCC1CCc2cc(OCc3ccccc3)c(N)cc2C1. The fourth-order valence-electron chi connectivity index (χ4n) is 3.09. The standard InChI is InChI=1S/C19H23NO/c1-2-14-8-9-16-12-19(18(20)11-17(16)10-14)21-13-15-6-4-3-5-7-15/h3-7,11-12,14H,2,8-10,13,20H2,1H3. The maximum atomic E-state index is 6.17. The molecule has 1 atom stereocenters. The number of ether oxygens (including phenoxy) is 1. The molecule has 2 nitrogen and oxygen atoms in total. The molecular weight excluding hydrogens is 258 g/mol. The van der Waals surface area contributed by atoms with Crippen molar-refractivity contribution in [2.75, 3.05) is 5.73 Å². The molecule has 0 radical (unpaired) electrons. The molecule has 0 fully saturated rings. The highest BCUT2D eigenvalue weighted by molar-refractivity contribution is 5.57. The van der Waals surface area contributed by atoms with Crippen LogP contribution in [0.5, 0.6) is 5.75 Å². The van der Waals surface area contributed by atoms with Gasteiger partial charge in [-0.3, -0.25) is 0 Å². The van der Waals surface area contributed by atoms with Crippen molar-refractivity contribution in [3.63, 3.8) is 0 Å². The second-order valence-corrected chi connectivity index (χ2v) is 5.95. The average Bonchev–Trinajstić information content (AvgIpc) is 2.53. The van der Waals surface area contributed by atoms with Gasteiger partial charge in [0.2, 0.25) is 0 Å². The van der Waals surface area contributed by atoms with Crippen LogP contribution in [0.4, 0.5) is 5.69 Å². The lowest BCUT2D eigenvalue weighted by Crippen LogP contribution is -2.14. The Morgan fingerprint density at radius 3 is 2.71 bits per heavy atom. The van der Waals surface area contributed by atoms with E-state index in [1.165, 1.54) is 29.5 Å². The van der Waals surface area contributed by atoms with Crippen LogP contribution >= 0.6 is 0 Å². The van der Waals surface area contributed by atoms with Crippen molar-refractivity contribution < 1.29 is 4.74 Å². The number of hydrogen-bond acceptors (Lipinski definition) is 2. The van der Waals surface area contributed by atoms with Gasteiger partial charge in [0, 0.05) is 0 Å². The third kappa shape index (κ3) is 3.21. The van der Waals surface area contributed by atoms with Gasteiger partial charge in [0.25, 0.3) is 0 Å². The van der Waals surface area contributed by atoms with Gasteiger partial charge in [-0.1, -0.05) is 43.7 Å². The molecular formula is C19H23NO. The molecule has 0 heterocycles. The Labute approximate surface area is 126 Å². The van der Waals surface area contributed by atoms with Crippen molar-refractivity contribution in [3.05, 3.63) is 59.2 Å². The molecule has 1 aliphatic rings. The molecule has 2 heteroatoms. The Kier molecular flexibility index (Phi) is 4.14. The van der Waals surface area contributed by atoms with Crippen LogP contribution in [0.25, 0.3) is 0 Å². The average molecular weight is 281 g/mol. The van der Waals surface area contributed by atoms with E-state index in [1.54, 1.807) is 0 Å². The third-order valence-electron chi connectivity index (χ3n) is 4.48. The van der Waals surface area contributed by atoms with Crippen LogP contribution in [-0.2, 0) is 19.4 Å². The number of benzene rings is 2. The van der Waals surface area contributed by atoms with E-state index in [-0.39, 0.29) is 0 Å². The zero-order valence-electron chi connectivity index (χ0n) is 12.6. The number of nitrogens with two attached hydrogens (primary N) is 1. The summed E-state index contributed by atoms with van der Waals surface area (Å²) < 4.78 is 5.92. The topological polar surface area (TPSA) is 35.2 Å². The lowest BCUT2D eigenvalue weighted by Gasteiger charge is -2.24. The summed E-state index contributed by atoms with van der Waals surface area (Å²) in [7, 11) is 0. The predicted octanol–water partition coefficient (Wildman–Crippen LogP) is 4.36. The smallest absolute Gasteiger partial charge is 0.142 e. The highest BCUT2D eigenvalue weighted by atomic mass is 16.5. The Morgan fingerprint density at radius 2 is 1.95 bits per heavy atom. The molecule has 0 amide bonds. The molecule has 0 bridgehead atoms. The van der Waals surface area contributed by atoms with Gasteiger partial charge in [-0.05, 0) is 54.0 Å². The normalized spacial score (nSPS) is 17.3. The monoisotopic (exact) mass is 281 g/mol. The summed E-state index contributed by atoms with van der Waals surface area (Å²) in [6, 6.07) is 14.5. The first-order chi connectivity index (χ1) is 10.3. The van der Waals surface area contributed by atoms with E-state index in [0.717, 1.165) is 30.2 Å². The summed E-state index contributed by atoms with van der Waals surface area (Å²) in [6.45, 7) is 2.85. The van der Waals surface area contributed by atoms with Gasteiger partial charge >= 0.3 is 0 Å². The maximum absolute atomic E-state index is 6.17. The third-order valence-corrected chi connectivity index (χ3v) is 4.48. The number of aryl methyl sites for hydroxylation is 1. The zero-order chi connectivity index (χ0) is 14.7. The molecule has 0 saturated heterocycles. The molecule has 1 unspecified atom stereocenters. The molecule has 21 heavy (non-hydrogen) atoms. The van der Waals surface area contributed by atoms with Crippen LogP contribution in [-0.4, -0.2) is 0 Å². The Balaban J connectivity index is 1.75. The summed E-state index contributed by atoms with van der Waals surface area (Å²) in [6.07, 6.45) is 4.85. The summed E-state index contributed by atoms with van der Waals surface area (Å²) in [5.41, 5.74) is 10.9. The van der Waals surface area contributed by atoms with E-state index in [2.05, 4.69) is 31.2 Å². The van der Waals surface area contributed by atoms with Crippen LogP contribution in [0.1, 0.15) is 36.5 Å². The van der Waals surface area contributed by atoms with Gasteiger partial charge in [-0.15, -0.1) is 0 Å². The van der Waals surface area contributed by atoms with E-state index in [0.29, 0.717) is 6.61 Å². The Hall–Kier alpha value is -1.96. The fraction of sp³-hybridized carbons (Fsp3) is 0.368. The summed E-state index contributed by atoms with van der Waals surface area (Å²) >= 11 is 0. The molecule has 2 aromatic carbocycles. The summed E-state index contributed by atoms with van der Waals surface area (Å²) in [5.74, 6) is 1.64.